The van der Waals surface area contributed by atoms with E-state index in [0.29, 0.717) is 11.8 Å². The van der Waals surface area contributed by atoms with Gasteiger partial charge in [-0.05, 0) is 36.7 Å². The zero-order valence-corrected chi connectivity index (χ0v) is 15.4. The first kappa shape index (κ1) is 18.7. The van der Waals surface area contributed by atoms with Gasteiger partial charge in [-0.1, -0.05) is 30.3 Å². The molecule has 1 spiro atoms. The second-order valence-corrected chi connectivity index (χ2v) is 7.32. The van der Waals surface area contributed by atoms with E-state index in [4.69, 9.17) is 9.47 Å². The van der Waals surface area contributed by atoms with Crippen LogP contribution in [0.4, 0.5) is 4.79 Å². The minimum atomic E-state index is -0.603. The summed E-state index contributed by atoms with van der Waals surface area (Å²) >= 11 is 0. The number of benzene rings is 1. The van der Waals surface area contributed by atoms with Crippen molar-refractivity contribution in [2.45, 2.75) is 38.1 Å². The summed E-state index contributed by atoms with van der Waals surface area (Å²) in [6.07, 6.45) is 4.09. The van der Waals surface area contributed by atoms with Crippen LogP contribution < -0.4 is 5.32 Å². The Kier molecular flexibility index (Phi) is 6.14. The molecule has 1 aromatic rings. The highest BCUT2D eigenvalue weighted by molar-refractivity contribution is 5.86. The number of carbonyl (C=O) groups is 2. The summed E-state index contributed by atoms with van der Waals surface area (Å²) in [6.45, 7) is 3.14. The van der Waals surface area contributed by atoms with Crippen LogP contribution in [0.15, 0.2) is 30.3 Å². The van der Waals surface area contributed by atoms with E-state index >= 15 is 0 Å². The highest BCUT2D eigenvalue weighted by Crippen LogP contribution is 2.40. The van der Waals surface area contributed by atoms with Gasteiger partial charge in [-0.25, -0.2) is 4.79 Å². The Morgan fingerprint density at radius 3 is 2.42 bits per heavy atom. The standard InChI is InChI=1S/C20H28N2O4/c1-25-19(24)21-17(15-16-5-3-2-4-6-16)18(23)22-11-7-20(8-12-22)9-13-26-14-10-20/h2-6,17H,7-15H2,1H3,(H,21,24). The van der Waals surface area contributed by atoms with Gasteiger partial charge in [0.1, 0.15) is 6.04 Å². The van der Waals surface area contributed by atoms with E-state index in [1.165, 1.54) is 7.11 Å². The Morgan fingerprint density at radius 2 is 1.81 bits per heavy atom. The summed E-state index contributed by atoms with van der Waals surface area (Å²) in [5.74, 6) is -0.0267. The average molecular weight is 360 g/mol. The molecule has 2 amide bonds. The fourth-order valence-corrected chi connectivity index (χ4v) is 3.98. The quantitative estimate of drug-likeness (QED) is 0.895. The summed E-state index contributed by atoms with van der Waals surface area (Å²) in [5.41, 5.74) is 1.35. The smallest absolute Gasteiger partial charge is 0.407 e. The number of hydrogen-bond acceptors (Lipinski definition) is 4. The van der Waals surface area contributed by atoms with Crippen molar-refractivity contribution in [1.29, 1.82) is 0 Å². The summed E-state index contributed by atoms with van der Waals surface area (Å²) in [6, 6.07) is 9.13. The molecule has 142 valence electrons. The Morgan fingerprint density at radius 1 is 1.15 bits per heavy atom. The maximum atomic E-state index is 13.1. The molecular weight excluding hydrogens is 332 g/mol. The van der Waals surface area contributed by atoms with E-state index in [0.717, 1.165) is 57.6 Å². The Bertz CT molecular complexity index is 603. The third-order valence-corrected chi connectivity index (χ3v) is 5.75. The molecule has 2 fully saturated rings. The normalized spacial score (nSPS) is 20.4. The number of piperidine rings is 1. The molecule has 0 aliphatic carbocycles. The minimum Gasteiger partial charge on any atom is -0.453 e. The van der Waals surface area contributed by atoms with Crippen molar-refractivity contribution in [2.24, 2.45) is 5.41 Å². The van der Waals surface area contributed by atoms with Crippen LogP contribution in [0, 0.1) is 5.41 Å². The average Bonchev–Trinajstić information content (AvgIpc) is 2.69. The molecule has 2 saturated heterocycles. The number of hydrogen-bond donors (Lipinski definition) is 1. The molecular formula is C20H28N2O4. The van der Waals surface area contributed by atoms with Gasteiger partial charge in [0.05, 0.1) is 7.11 Å². The van der Waals surface area contributed by atoms with Gasteiger partial charge in [-0.15, -0.1) is 0 Å². The number of rotatable bonds is 4. The van der Waals surface area contributed by atoms with Crippen LogP contribution in [0.3, 0.4) is 0 Å². The number of nitrogens with one attached hydrogen (secondary N) is 1. The van der Waals surface area contributed by atoms with E-state index in [9.17, 15) is 9.59 Å². The second-order valence-electron chi connectivity index (χ2n) is 7.32. The van der Waals surface area contributed by atoms with E-state index < -0.39 is 12.1 Å². The SMILES string of the molecule is COC(=O)NC(Cc1ccccc1)C(=O)N1CCC2(CCOCC2)CC1. The number of nitrogens with zero attached hydrogens (tertiary/aromatic N) is 1. The van der Waals surface area contributed by atoms with Gasteiger partial charge in [0, 0.05) is 32.7 Å². The molecule has 3 rings (SSSR count). The van der Waals surface area contributed by atoms with Crippen LogP contribution in [0.5, 0.6) is 0 Å². The fourth-order valence-electron chi connectivity index (χ4n) is 3.98. The molecule has 2 aliphatic rings. The van der Waals surface area contributed by atoms with Crippen molar-refractivity contribution < 1.29 is 19.1 Å². The van der Waals surface area contributed by atoms with E-state index in [2.05, 4.69) is 5.32 Å². The monoisotopic (exact) mass is 360 g/mol. The lowest BCUT2D eigenvalue weighted by molar-refractivity contribution is -0.136. The molecule has 0 radical (unpaired) electrons. The molecule has 1 unspecified atom stereocenters. The number of carbonyl (C=O) groups excluding carboxylic acids is 2. The van der Waals surface area contributed by atoms with Crippen LogP contribution in [0.2, 0.25) is 0 Å². The molecule has 0 bridgehead atoms. The maximum Gasteiger partial charge on any atom is 0.407 e. The Labute approximate surface area is 154 Å². The number of likely N-dealkylation sites (tertiary alicyclic amines) is 1. The molecule has 1 atom stereocenters. The molecule has 0 saturated carbocycles. The van der Waals surface area contributed by atoms with Crippen molar-refractivity contribution in [2.75, 3.05) is 33.4 Å². The first-order valence-electron chi connectivity index (χ1n) is 9.37. The van der Waals surface area contributed by atoms with Crippen molar-refractivity contribution in [1.82, 2.24) is 10.2 Å². The molecule has 6 heteroatoms. The van der Waals surface area contributed by atoms with Gasteiger partial charge in [0.25, 0.3) is 0 Å². The van der Waals surface area contributed by atoms with Gasteiger partial charge in [0.15, 0.2) is 0 Å². The van der Waals surface area contributed by atoms with Crippen molar-refractivity contribution in [3.63, 3.8) is 0 Å². The van der Waals surface area contributed by atoms with Crippen molar-refractivity contribution in [3.05, 3.63) is 35.9 Å². The molecule has 0 aromatic heterocycles. The molecule has 2 heterocycles. The first-order valence-corrected chi connectivity index (χ1v) is 9.37. The molecule has 2 aliphatic heterocycles. The lowest BCUT2D eigenvalue weighted by Gasteiger charge is -2.44. The molecule has 1 aromatic carbocycles. The van der Waals surface area contributed by atoms with Crippen LogP contribution in [-0.4, -0.2) is 56.4 Å². The van der Waals surface area contributed by atoms with Gasteiger partial charge in [-0.3, -0.25) is 4.79 Å². The van der Waals surface area contributed by atoms with E-state index in [1.54, 1.807) is 0 Å². The lowest BCUT2D eigenvalue weighted by atomic mass is 9.72. The third-order valence-electron chi connectivity index (χ3n) is 5.75. The predicted molar refractivity (Wildman–Crippen MR) is 97.8 cm³/mol. The second kappa shape index (κ2) is 8.54. The third kappa shape index (κ3) is 4.55. The van der Waals surface area contributed by atoms with E-state index in [-0.39, 0.29) is 5.91 Å². The summed E-state index contributed by atoms with van der Waals surface area (Å²) in [7, 11) is 1.31. The summed E-state index contributed by atoms with van der Waals surface area (Å²) in [5, 5.41) is 2.71. The predicted octanol–water partition coefficient (Wildman–Crippen LogP) is 2.37. The topological polar surface area (TPSA) is 67.9 Å². The van der Waals surface area contributed by atoms with Gasteiger partial charge in [0.2, 0.25) is 5.91 Å². The Hall–Kier alpha value is -2.08. The summed E-state index contributed by atoms with van der Waals surface area (Å²) in [4.78, 5) is 26.7. The van der Waals surface area contributed by atoms with Crippen LogP contribution in [-0.2, 0) is 20.7 Å². The summed E-state index contributed by atoms with van der Waals surface area (Å²) < 4.78 is 10.2. The molecule has 26 heavy (non-hydrogen) atoms. The number of alkyl carbamates (subject to hydrolysis) is 1. The highest BCUT2D eigenvalue weighted by Gasteiger charge is 2.38. The maximum absolute atomic E-state index is 13.1. The zero-order valence-electron chi connectivity index (χ0n) is 15.4. The fraction of sp³-hybridized carbons (Fsp3) is 0.600. The van der Waals surface area contributed by atoms with Crippen LogP contribution in [0.1, 0.15) is 31.2 Å². The van der Waals surface area contributed by atoms with Crippen molar-refractivity contribution in [3.8, 4) is 0 Å². The number of amides is 2. The van der Waals surface area contributed by atoms with Gasteiger partial charge in [-0.2, -0.15) is 0 Å². The van der Waals surface area contributed by atoms with Crippen LogP contribution >= 0.6 is 0 Å². The van der Waals surface area contributed by atoms with Crippen molar-refractivity contribution >= 4 is 12.0 Å². The van der Waals surface area contributed by atoms with Crippen LogP contribution in [0.25, 0.3) is 0 Å². The van der Waals surface area contributed by atoms with Gasteiger partial charge >= 0.3 is 6.09 Å². The number of ether oxygens (including phenoxy) is 2. The highest BCUT2D eigenvalue weighted by atomic mass is 16.5. The van der Waals surface area contributed by atoms with E-state index in [1.807, 2.05) is 35.2 Å². The molecule has 1 N–H and O–H groups in total. The number of methoxy groups -OCH3 is 1. The van der Waals surface area contributed by atoms with Gasteiger partial charge < -0.3 is 19.7 Å². The zero-order chi connectivity index (χ0) is 18.4. The minimum absolute atomic E-state index is 0.0267. The largest absolute Gasteiger partial charge is 0.453 e. The Balaban J connectivity index is 1.64. The first-order chi connectivity index (χ1) is 12.6. The lowest BCUT2D eigenvalue weighted by Crippen LogP contribution is -2.53. The molecule has 6 nitrogen and oxygen atoms in total.